The molecular formula is C15H26N4O4S2. The molecule has 1 N–H and O–H groups in total. The van der Waals surface area contributed by atoms with Crippen LogP contribution in [0.4, 0.5) is 0 Å². The van der Waals surface area contributed by atoms with E-state index in [-0.39, 0.29) is 25.0 Å². The van der Waals surface area contributed by atoms with Crippen LogP contribution in [0.25, 0.3) is 0 Å². The summed E-state index contributed by atoms with van der Waals surface area (Å²) in [7, 11) is -0.520. The van der Waals surface area contributed by atoms with Gasteiger partial charge in [-0.2, -0.15) is 17.0 Å². The minimum atomic E-state index is -3.56. The van der Waals surface area contributed by atoms with E-state index < -0.39 is 10.2 Å². The molecule has 2 heterocycles. The fourth-order valence-electron chi connectivity index (χ4n) is 2.77. The Morgan fingerprint density at radius 1 is 1.32 bits per heavy atom. The quantitative estimate of drug-likeness (QED) is 0.743. The molecule has 0 spiro atoms. The van der Waals surface area contributed by atoms with Gasteiger partial charge in [-0.1, -0.05) is 0 Å². The highest BCUT2D eigenvalue weighted by atomic mass is 32.2. The maximum atomic E-state index is 12.6. The summed E-state index contributed by atoms with van der Waals surface area (Å²) in [6.07, 6.45) is 1.32. The van der Waals surface area contributed by atoms with Gasteiger partial charge in [0.2, 0.25) is 0 Å². The zero-order chi connectivity index (χ0) is 18.6. The van der Waals surface area contributed by atoms with E-state index >= 15 is 0 Å². The van der Waals surface area contributed by atoms with Gasteiger partial charge >= 0.3 is 0 Å². The number of aryl methyl sites for hydroxylation is 2. The molecule has 0 saturated carbocycles. The molecule has 1 amide bonds. The molecule has 1 aromatic heterocycles. The summed E-state index contributed by atoms with van der Waals surface area (Å²) in [4.78, 5) is 17.1. The van der Waals surface area contributed by atoms with Crippen LogP contribution in [0.5, 0.6) is 0 Å². The van der Waals surface area contributed by atoms with Crippen LogP contribution in [0.1, 0.15) is 33.2 Å². The van der Waals surface area contributed by atoms with Crippen LogP contribution in [0.3, 0.4) is 0 Å². The Bertz CT molecular complexity index is 696. The third-order valence-electron chi connectivity index (χ3n) is 4.08. The number of ether oxygens (including phenoxy) is 1. The number of aromatic nitrogens is 1. The Kier molecular flexibility index (Phi) is 6.92. The Morgan fingerprint density at radius 2 is 1.96 bits per heavy atom. The molecule has 25 heavy (non-hydrogen) atoms. The van der Waals surface area contributed by atoms with Gasteiger partial charge in [0, 0.05) is 46.4 Å². The fraction of sp³-hybridized carbons (Fsp3) is 0.733. The first-order valence-corrected chi connectivity index (χ1v) is 10.4. The minimum absolute atomic E-state index is 0.106. The smallest absolute Gasteiger partial charge is 0.281 e. The van der Waals surface area contributed by atoms with Crippen LogP contribution >= 0.6 is 11.3 Å². The highest BCUT2D eigenvalue weighted by Crippen LogP contribution is 2.19. The molecule has 0 atom stereocenters. The van der Waals surface area contributed by atoms with Crippen molar-refractivity contribution in [2.24, 2.45) is 0 Å². The maximum Gasteiger partial charge on any atom is 0.281 e. The maximum absolute atomic E-state index is 12.6. The Hall–Kier alpha value is -1.07. The molecule has 1 aliphatic rings. The second kappa shape index (κ2) is 8.54. The van der Waals surface area contributed by atoms with E-state index in [1.165, 1.54) is 34.0 Å². The predicted molar refractivity (Wildman–Crippen MR) is 97.1 cm³/mol. The molecule has 0 aromatic carbocycles. The molecule has 142 valence electrons. The Balaban J connectivity index is 2.02. The van der Waals surface area contributed by atoms with Gasteiger partial charge in [0.15, 0.2) is 0 Å². The van der Waals surface area contributed by atoms with Crippen LogP contribution in [0.2, 0.25) is 0 Å². The SMILES string of the molecule is Cc1nc(C)c(C(=O)NCCN(C2CCOCC2)S(=O)(=O)N(C)C)s1. The molecule has 1 aliphatic heterocycles. The van der Waals surface area contributed by atoms with E-state index in [0.717, 1.165) is 5.01 Å². The van der Waals surface area contributed by atoms with Gasteiger partial charge in [0.25, 0.3) is 16.1 Å². The summed E-state index contributed by atoms with van der Waals surface area (Å²) in [6.45, 7) is 5.23. The molecule has 0 bridgehead atoms. The predicted octanol–water partition coefficient (Wildman–Crippen LogP) is 0.777. The van der Waals surface area contributed by atoms with Gasteiger partial charge < -0.3 is 10.1 Å². The highest BCUT2D eigenvalue weighted by molar-refractivity contribution is 7.86. The standard InChI is InChI=1S/C15H26N4O4S2/c1-11-14(24-12(2)17-11)15(20)16-7-8-19(25(21,22)18(3)4)13-5-9-23-10-6-13/h13H,5-10H2,1-4H3,(H,16,20). The zero-order valence-electron chi connectivity index (χ0n) is 15.1. The van der Waals surface area contributed by atoms with Crippen molar-refractivity contribution in [3.8, 4) is 0 Å². The summed E-state index contributed by atoms with van der Waals surface area (Å²) in [6, 6.07) is -0.106. The topological polar surface area (TPSA) is 91.8 Å². The lowest BCUT2D eigenvalue weighted by Gasteiger charge is -2.34. The molecule has 0 radical (unpaired) electrons. The molecule has 0 unspecified atom stereocenters. The zero-order valence-corrected chi connectivity index (χ0v) is 16.7. The molecule has 1 saturated heterocycles. The molecule has 10 heteroatoms. The van der Waals surface area contributed by atoms with Crippen molar-refractivity contribution in [3.05, 3.63) is 15.6 Å². The van der Waals surface area contributed by atoms with Crippen molar-refractivity contribution in [3.63, 3.8) is 0 Å². The summed E-state index contributed by atoms with van der Waals surface area (Å²) >= 11 is 1.34. The summed E-state index contributed by atoms with van der Waals surface area (Å²) in [5.74, 6) is -0.211. The van der Waals surface area contributed by atoms with Crippen LogP contribution in [0, 0.1) is 13.8 Å². The van der Waals surface area contributed by atoms with Gasteiger partial charge in [-0.05, 0) is 26.7 Å². The largest absolute Gasteiger partial charge is 0.381 e. The average Bonchev–Trinajstić information content (AvgIpc) is 2.90. The van der Waals surface area contributed by atoms with Gasteiger partial charge in [-0.3, -0.25) is 4.79 Å². The number of amides is 1. The first kappa shape index (κ1) is 20.2. The molecule has 1 fully saturated rings. The van der Waals surface area contributed by atoms with E-state index in [1.54, 1.807) is 6.92 Å². The first-order valence-electron chi connectivity index (χ1n) is 8.22. The Labute approximate surface area is 153 Å². The van der Waals surface area contributed by atoms with Crippen molar-refractivity contribution < 1.29 is 17.9 Å². The molecule has 1 aromatic rings. The molecule has 8 nitrogen and oxygen atoms in total. The monoisotopic (exact) mass is 390 g/mol. The third-order valence-corrected chi connectivity index (χ3v) is 7.15. The van der Waals surface area contributed by atoms with Crippen LogP contribution in [0.15, 0.2) is 0 Å². The molecule has 0 aliphatic carbocycles. The van der Waals surface area contributed by atoms with E-state index in [2.05, 4.69) is 10.3 Å². The number of nitrogens with zero attached hydrogens (tertiary/aromatic N) is 3. The van der Waals surface area contributed by atoms with E-state index in [4.69, 9.17) is 4.74 Å². The average molecular weight is 391 g/mol. The second-order valence-electron chi connectivity index (χ2n) is 6.15. The lowest BCUT2D eigenvalue weighted by molar-refractivity contribution is 0.0571. The van der Waals surface area contributed by atoms with Crippen molar-refractivity contribution in [1.82, 2.24) is 18.9 Å². The fourth-order valence-corrected chi connectivity index (χ4v) is 4.94. The third kappa shape index (κ3) is 4.98. The first-order chi connectivity index (χ1) is 11.7. The van der Waals surface area contributed by atoms with Crippen molar-refractivity contribution >= 4 is 27.5 Å². The molecule has 2 rings (SSSR count). The number of hydrogen-bond acceptors (Lipinski definition) is 6. The van der Waals surface area contributed by atoms with E-state index in [1.807, 2.05) is 6.92 Å². The van der Waals surface area contributed by atoms with Crippen molar-refractivity contribution in [2.75, 3.05) is 40.4 Å². The number of carbonyl (C=O) groups is 1. The number of nitrogens with one attached hydrogen (secondary N) is 1. The van der Waals surface area contributed by atoms with E-state index in [0.29, 0.717) is 36.6 Å². The Morgan fingerprint density at radius 3 is 2.48 bits per heavy atom. The van der Waals surface area contributed by atoms with Crippen molar-refractivity contribution in [2.45, 2.75) is 32.7 Å². The lowest BCUT2D eigenvalue weighted by Crippen LogP contribution is -2.50. The minimum Gasteiger partial charge on any atom is -0.381 e. The van der Waals surface area contributed by atoms with Crippen molar-refractivity contribution in [1.29, 1.82) is 0 Å². The number of thiazole rings is 1. The summed E-state index contributed by atoms with van der Waals surface area (Å²) in [5.41, 5.74) is 0.696. The lowest BCUT2D eigenvalue weighted by atomic mass is 10.1. The highest BCUT2D eigenvalue weighted by Gasteiger charge is 2.32. The van der Waals surface area contributed by atoms with Gasteiger partial charge in [-0.25, -0.2) is 4.98 Å². The number of hydrogen-bond donors (Lipinski definition) is 1. The summed E-state index contributed by atoms with van der Waals surface area (Å²) < 4.78 is 33.3. The van der Waals surface area contributed by atoms with Crippen LogP contribution in [-0.4, -0.2) is 74.4 Å². The van der Waals surface area contributed by atoms with Gasteiger partial charge in [0.05, 0.1) is 10.7 Å². The van der Waals surface area contributed by atoms with Crippen LogP contribution < -0.4 is 5.32 Å². The second-order valence-corrected chi connectivity index (χ2v) is 9.45. The van der Waals surface area contributed by atoms with Crippen LogP contribution in [-0.2, 0) is 14.9 Å². The number of carbonyl (C=O) groups excluding carboxylic acids is 1. The van der Waals surface area contributed by atoms with Gasteiger partial charge in [-0.15, -0.1) is 11.3 Å². The van der Waals surface area contributed by atoms with Gasteiger partial charge in [0.1, 0.15) is 4.88 Å². The summed E-state index contributed by atoms with van der Waals surface area (Å²) in [5, 5.41) is 3.64. The number of rotatable bonds is 7. The van der Waals surface area contributed by atoms with E-state index in [9.17, 15) is 13.2 Å². The normalized spacial score (nSPS) is 16.6. The molecular weight excluding hydrogens is 364 g/mol.